The van der Waals surface area contributed by atoms with Crippen LogP contribution in [0, 0.1) is 5.92 Å². The first-order valence-electron chi connectivity index (χ1n) is 8.10. The fourth-order valence-corrected chi connectivity index (χ4v) is 4.38. The van der Waals surface area contributed by atoms with Crippen LogP contribution in [-0.4, -0.2) is 53.6 Å². The molecule has 2 aliphatic rings. The highest BCUT2D eigenvalue weighted by atomic mass is 32.1. The number of halogens is 3. The van der Waals surface area contributed by atoms with E-state index in [0.29, 0.717) is 16.0 Å². The summed E-state index contributed by atoms with van der Waals surface area (Å²) >= 11 is 1.15. The molecule has 2 amide bonds. The summed E-state index contributed by atoms with van der Waals surface area (Å²) < 4.78 is 38.0. The normalized spacial score (nSPS) is 24.8. The largest absolute Gasteiger partial charge is 0.471 e. The summed E-state index contributed by atoms with van der Waals surface area (Å²) in [5.41, 5.74) is 0.144. The fourth-order valence-electron chi connectivity index (χ4n) is 3.54. The average molecular weight is 384 g/mol. The van der Waals surface area contributed by atoms with Gasteiger partial charge in [-0.25, -0.2) is 4.98 Å². The molecular formula is C16H15F3N4O2S. The zero-order valence-corrected chi connectivity index (χ0v) is 14.3. The van der Waals surface area contributed by atoms with Gasteiger partial charge in [0.25, 0.3) is 5.91 Å². The highest BCUT2D eigenvalue weighted by Crippen LogP contribution is 2.32. The number of aromatic nitrogens is 1. The molecule has 6 nitrogen and oxygen atoms in total. The molecule has 26 heavy (non-hydrogen) atoms. The molecule has 2 saturated heterocycles. The van der Waals surface area contributed by atoms with Crippen LogP contribution in [0.4, 0.5) is 18.9 Å². The third-order valence-corrected chi connectivity index (χ3v) is 5.78. The number of hydrogen-bond donors (Lipinski definition) is 2. The number of alkyl halides is 3. The Bertz CT molecular complexity index is 882. The van der Waals surface area contributed by atoms with Crippen LogP contribution < -0.4 is 10.6 Å². The number of hydrogen-bond acceptors (Lipinski definition) is 5. The monoisotopic (exact) mass is 384 g/mol. The highest BCUT2D eigenvalue weighted by Gasteiger charge is 2.40. The van der Waals surface area contributed by atoms with Crippen molar-refractivity contribution in [3.8, 4) is 0 Å². The first-order chi connectivity index (χ1) is 12.3. The van der Waals surface area contributed by atoms with E-state index in [1.54, 1.807) is 0 Å². The van der Waals surface area contributed by atoms with Crippen molar-refractivity contribution in [2.45, 2.75) is 18.6 Å². The molecule has 138 valence electrons. The van der Waals surface area contributed by atoms with Crippen molar-refractivity contribution in [2.75, 3.05) is 25.0 Å². The van der Waals surface area contributed by atoms with Gasteiger partial charge in [0.15, 0.2) is 0 Å². The van der Waals surface area contributed by atoms with Gasteiger partial charge in [-0.1, -0.05) is 0 Å². The van der Waals surface area contributed by atoms with Crippen LogP contribution in [0.1, 0.15) is 16.9 Å². The van der Waals surface area contributed by atoms with E-state index >= 15 is 0 Å². The Labute approximate surface area is 150 Å². The molecule has 0 radical (unpaired) electrons. The maximum Gasteiger partial charge on any atom is 0.471 e. The van der Waals surface area contributed by atoms with Crippen LogP contribution >= 0.6 is 11.3 Å². The zero-order chi connectivity index (χ0) is 18.5. The molecule has 2 unspecified atom stereocenters. The lowest BCUT2D eigenvalue weighted by molar-refractivity contribution is -0.167. The lowest BCUT2D eigenvalue weighted by atomic mass is 10.00. The van der Waals surface area contributed by atoms with Crippen molar-refractivity contribution in [2.24, 2.45) is 5.92 Å². The molecule has 2 aromatic rings. The highest BCUT2D eigenvalue weighted by molar-refractivity contribution is 7.17. The van der Waals surface area contributed by atoms with Crippen molar-refractivity contribution in [3.63, 3.8) is 0 Å². The summed E-state index contributed by atoms with van der Waals surface area (Å²) in [5.74, 6) is -1.97. The quantitative estimate of drug-likeness (QED) is 0.851. The molecule has 0 aliphatic carbocycles. The molecule has 2 fully saturated rings. The third-order valence-electron chi connectivity index (χ3n) is 4.85. The van der Waals surface area contributed by atoms with E-state index in [2.05, 4.69) is 15.2 Å². The first-order valence-corrected chi connectivity index (χ1v) is 8.98. The first kappa shape index (κ1) is 17.2. The maximum absolute atomic E-state index is 12.5. The Morgan fingerprint density at radius 1 is 1.31 bits per heavy atom. The van der Waals surface area contributed by atoms with Gasteiger partial charge in [0.1, 0.15) is 5.69 Å². The van der Waals surface area contributed by atoms with Gasteiger partial charge in [0, 0.05) is 36.1 Å². The van der Waals surface area contributed by atoms with Crippen molar-refractivity contribution >= 4 is 38.9 Å². The van der Waals surface area contributed by atoms with Crippen molar-refractivity contribution in [1.29, 1.82) is 0 Å². The number of carbonyl (C=O) groups excluding carboxylic acids is 2. The van der Waals surface area contributed by atoms with Crippen LogP contribution in [0.25, 0.3) is 10.1 Å². The van der Waals surface area contributed by atoms with Gasteiger partial charge in [0.2, 0.25) is 0 Å². The standard InChI is InChI=1S/C16H15F3N4O2S/c17-16(18,19)15(25)22-12-7-26-13-4-20-10(3-9(12)13)14(24)21-11-6-23-2-1-8(11)5-23/h3-4,7-8,11H,1-2,5-6H2,(H,21,24)(H,22,25)/t8-,11?/m0/s1. The Morgan fingerprint density at radius 3 is 2.77 bits per heavy atom. The van der Waals surface area contributed by atoms with E-state index < -0.39 is 12.1 Å². The molecule has 2 bridgehead atoms. The summed E-state index contributed by atoms with van der Waals surface area (Å²) in [7, 11) is 0. The Balaban J connectivity index is 1.54. The molecule has 4 rings (SSSR count). The molecule has 0 aromatic carbocycles. The SMILES string of the molecule is O=C(NC1CN2CC[C@H]1C2)c1cc2c(NC(=O)C(F)(F)F)csc2cn1. The van der Waals surface area contributed by atoms with E-state index in [1.807, 2.05) is 5.32 Å². The smallest absolute Gasteiger partial charge is 0.346 e. The van der Waals surface area contributed by atoms with Gasteiger partial charge in [-0.05, 0) is 24.9 Å². The average Bonchev–Trinajstić information content (AvgIpc) is 3.29. The predicted octanol–water partition coefficient (Wildman–Crippen LogP) is 2.23. The molecule has 4 heterocycles. The van der Waals surface area contributed by atoms with E-state index in [1.165, 1.54) is 17.6 Å². The number of nitrogens with zero attached hydrogens (tertiary/aromatic N) is 2. The predicted molar refractivity (Wildman–Crippen MR) is 90.1 cm³/mol. The van der Waals surface area contributed by atoms with Crippen LogP contribution in [0.5, 0.6) is 0 Å². The number of pyridine rings is 1. The molecule has 2 N–H and O–H groups in total. The van der Waals surface area contributed by atoms with Gasteiger partial charge in [-0.15, -0.1) is 11.3 Å². The van der Waals surface area contributed by atoms with Crippen LogP contribution in [-0.2, 0) is 4.79 Å². The number of amides is 2. The van der Waals surface area contributed by atoms with Crippen LogP contribution in [0.2, 0.25) is 0 Å². The third kappa shape index (κ3) is 3.14. The lowest BCUT2D eigenvalue weighted by Crippen LogP contribution is -2.43. The molecule has 2 aromatic heterocycles. The van der Waals surface area contributed by atoms with E-state index in [-0.39, 0.29) is 23.3 Å². The molecule has 2 aliphatic heterocycles. The zero-order valence-electron chi connectivity index (χ0n) is 13.5. The summed E-state index contributed by atoms with van der Waals surface area (Å²) in [6.07, 6.45) is -2.49. The van der Waals surface area contributed by atoms with Crippen LogP contribution in [0.3, 0.4) is 0 Å². The van der Waals surface area contributed by atoms with Crippen molar-refractivity contribution in [3.05, 3.63) is 23.3 Å². The number of nitrogens with one attached hydrogen (secondary N) is 2. The molecular weight excluding hydrogens is 369 g/mol. The minimum absolute atomic E-state index is 0.0230. The lowest BCUT2D eigenvalue weighted by Gasteiger charge is -2.22. The summed E-state index contributed by atoms with van der Waals surface area (Å²) in [6.45, 7) is 2.85. The Morgan fingerprint density at radius 2 is 2.12 bits per heavy atom. The Kier molecular flexibility index (Phi) is 4.11. The minimum Gasteiger partial charge on any atom is -0.346 e. The van der Waals surface area contributed by atoms with Gasteiger partial charge >= 0.3 is 12.1 Å². The summed E-state index contributed by atoms with van der Waals surface area (Å²) in [6, 6.07) is 1.49. The number of thiophene rings is 1. The number of carbonyl (C=O) groups is 2. The molecule has 0 saturated carbocycles. The van der Waals surface area contributed by atoms with Crippen molar-refractivity contribution < 1.29 is 22.8 Å². The number of piperidine rings is 1. The molecule has 3 atom stereocenters. The number of rotatable bonds is 3. The fraction of sp³-hybridized carbons (Fsp3) is 0.438. The van der Waals surface area contributed by atoms with Crippen molar-refractivity contribution in [1.82, 2.24) is 15.2 Å². The van der Waals surface area contributed by atoms with Crippen LogP contribution in [0.15, 0.2) is 17.6 Å². The van der Waals surface area contributed by atoms with E-state index in [0.717, 1.165) is 37.4 Å². The molecule has 0 spiro atoms. The minimum atomic E-state index is -4.97. The van der Waals surface area contributed by atoms with E-state index in [9.17, 15) is 22.8 Å². The van der Waals surface area contributed by atoms with Gasteiger partial charge in [0.05, 0.1) is 10.4 Å². The molecule has 10 heteroatoms. The van der Waals surface area contributed by atoms with Gasteiger partial charge < -0.3 is 15.5 Å². The second kappa shape index (κ2) is 6.20. The van der Waals surface area contributed by atoms with E-state index in [4.69, 9.17) is 0 Å². The number of fused-ring (bicyclic) bond motifs is 3. The number of anilines is 1. The maximum atomic E-state index is 12.5. The second-order valence-corrected chi connectivity index (χ2v) is 7.47. The summed E-state index contributed by atoms with van der Waals surface area (Å²) in [4.78, 5) is 30.0. The van der Waals surface area contributed by atoms with Gasteiger partial charge in [-0.2, -0.15) is 13.2 Å². The Hall–Kier alpha value is -2.20. The topological polar surface area (TPSA) is 74.3 Å². The van der Waals surface area contributed by atoms with Gasteiger partial charge in [-0.3, -0.25) is 9.59 Å². The second-order valence-electron chi connectivity index (χ2n) is 6.56. The summed E-state index contributed by atoms with van der Waals surface area (Å²) in [5, 5.41) is 6.58.